The molecule has 4 aromatic rings. The van der Waals surface area contributed by atoms with Gasteiger partial charge in [-0.1, -0.05) is 60.7 Å². The van der Waals surface area contributed by atoms with Gasteiger partial charge in [-0.3, -0.25) is 4.79 Å². The quantitative estimate of drug-likeness (QED) is 0.442. The number of amides is 1. The zero-order valence-electron chi connectivity index (χ0n) is 16.9. The molecule has 0 saturated carbocycles. The second-order valence-corrected chi connectivity index (χ2v) is 9.44. The van der Waals surface area contributed by atoms with E-state index in [0.717, 1.165) is 16.6 Å². The molecule has 1 amide bonds. The van der Waals surface area contributed by atoms with Gasteiger partial charge in [0.15, 0.2) is 9.84 Å². The smallest absolute Gasteiger partial charge is 0.221 e. The topological polar surface area (TPSA) is 91.9 Å². The van der Waals surface area contributed by atoms with Crippen molar-refractivity contribution < 1.29 is 13.2 Å². The summed E-state index contributed by atoms with van der Waals surface area (Å²) in [5.41, 5.74) is 2.75. The van der Waals surface area contributed by atoms with Crippen molar-refractivity contribution in [3.05, 3.63) is 96.3 Å². The number of para-hydroxylation sites is 2. The third kappa shape index (κ3) is 5.19. The number of nitrogens with one attached hydrogen (secondary N) is 2. The van der Waals surface area contributed by atoms with Crippen molar-refractivity contribution in [1.82, 2.24) is 15.3 Å². The summed E-state index contributed by atoms with van der Waals surface area (Å²) < 4.78 is 25.0. The molecule has 0 fully saturated rings. The number of imidazole rings is 1. The fourth-order valence-electron chi connectivity index (χ4n) is 3.44. The number of rotatable bonds is 8. The highest BCUT2D eigenvalue weighted by atomic mass is 32.2. The van der Waals surface area contributed by atoms with E-state index in [2.05, 4.69) is 15.3 Å². The van der Waals surface area contributed by atoms with Crippen LogP contribution in [0.1, 0.15) is 23.9 Å². The van der Waals surface area contributed by atoms with E-state index in [4.69, 9.17) is 0 Å². The van der Waals surface area contributed by atoms with E-state index in [1.54, 1.807) is 30.3 Å². The second kappa shape index (κ2) is 9.14. The van der Waals surface area contributed by atoms with Gasteiger partial charge in [-0.15, -0.1) is 0 Å². The van der Waals surface area contributed by atoms with Crippen LogP contribution in [0.25, 0.3) is 11.0 Å². The maximum atomic E-state index is 12.7. The minimum Gasteiger partial charge on any atom is -0.346 e. The summed E-state index contributed by atoms with van der Waals surface area (Å²) in [6.07, 6.45) is 0.417. The molecule has 6 nitrogen and oxygen atoms in total. The number of aromatic nitrogens is 2. The van der Waals surface area contributed by atoms with Gasteiger partial charge in [0.05, 0.1) is 27.7 Å². The third-order valence-electron chi connectivity index (χ3n) is 5.06. The fraction of sp³-hybridized carbons (Fsp3) is 0.167. The number of carbonyl (C=O) groups is 1. The van der Waals surface area contributed by atoms with Crippen LogP contribution in [0.15, 0.2) is 89.8 Å². The average Bonchev–Trinajstić information content (AvgIpc) is 3.23. The van der Waals surface area contributed by atoms with Gasteiger partial charge in [0.25, 0.3) is 0 Å². The number of nitrogens with zero attached hydrogens (tertiary/aromatic N) is 1. The van der Waals surface area contributed by atoms with Crippen molar-refractivity contribution in [2.24, 2.45) is 0 Å². The van der Waals surface area contributed by atoms with Crippen LogP contribution in [-0.4, -0.2) is 30.0 Å². The molecular formula is C24H23N3O3S. The Morgan fingerprint density at radius 3 is 2.26 bits per heavy atom. The molecule has 0 aliphatic carbocycles. The standard InChI is InChI=1S/C24H23N3O3S/c28-23(15-16-31(29,30)19-11-5-2-6-12-19)25-22(17-18-9-3-1-4-10-18)24-26-20-13-7-8-14-21(20)27-24/h1-14,22H,15-17H2,(H,25,28)(H,26,27). The van der Waals surface area contributed by atoms with E-state index in [9.17, 15) is 13.2 Å². The molecule has 0 aliphatic rings. The lowest BCUT2D eigenvalue weighted by molar-refractivity contribution is -0.121. The van der Waals surface area contributed by atoms with Gasteiger partial charge in [-0.25, -0.2) is 13.4 Å². The summed E-state index contributed by atoms with van der Waals surface area (Å²) >= 11 is 0. The van der Waals surface area contributed by atoms with Crippen molar-refractivity contribution in [3.63, 3.8) is 0 Å². The molecular weight excluding hydrogens is 410 g/mol. The summed E-state index contributed by atoms with van der Waals surface area (Å²) in [6.45, 7) is 0. The Kier molecular flexibility index (Phi) is 6.13. The van der Waals surface area contributed by atoms with Gasteiger partial charge in [0.1, 0.15) is 5.82 Å². The van der Waals surface area contributed by atoms with Crippen LogP contribution in [0.5, 0.6) is 0 Å². The zero-order chi connectivity index (χ0) is 21.7. The number of carbonyl (C=O) groups excluding carboxylic acids is 1. The predicted molar refractivity (Wildman–Crippen MR) is 120 cm³/mol. The number of hydrogen-bond donors (Lipinski definition) is 2. The molecule has 158 valence electrons. The van der Waals surface area contributed by atoms with Crippen LogP contribution in [0, 0.1) is 0 Å². The minimum absolute atomic E-state index is 0.122. The van der Waals surface area contributed by atoms with E-state index in [1.165, 1.54) is 0 Å². The first kappa shape index (κ1) is 20.8. The predicted octanol–water partition coefficient (Wildman–Crippen LogP) is 3.83. The van der Waals surface area contributed by atoms with E-state index < -0.39 is 15.9 Å². The Bertz CT molecular complexity index is 1240. The number of H-pyrrole nitrogens is 1. The van der Waals surface area contributed by atoms with Crippen LogP contribution >= 0.6 is 0 Å². The van der Waals surface area contributed by atoms with Gasteiger partial charge in [0.2, 0.25) is 5.91 Å². The highest BCUT2D eigenvalue weighted by Gasteiger charge is 2.21. The van der Waals surface area contributed by atoms with Gasteiger partial charge >= 0.3 is 0 Å². The van der Waals surface area contributed by atoms with Crippen LogP contribution in [0.3, 0.4) is 0 Å². The molecule has 0 saturated heterocycles. The van der Waals surface area contributed by atoms with E-state index in [-0.39, 0.29) is 23.0 Å². The first-order chi connectivity index (χ1) is 15.0. The van der Waals surface area contributed by atoms with Crippen LogP contribution in [0.2, 0.25) is 0 Å². The van der Waals surface area contributed by atoms with Crippen molar-refractivity contribution in [1.29, 1.82) is 0 Å². The number of fused-ring (bicyclic) bond motifs is 1. The van der Waals surface area contributed by atoms with E-state index in [0.29, 0.717) is 12.2 Å². The van der Waals surface area contributed by atoms with Crippen molar-refractivity contribution in [2.75, 3.05) is 5.75 Å². The van der Waals surface area contributed by atoms with Gasteiger partial charge in [0, 0.05) is 6.42 Å². The summed E-state index contributed by atoms with van der Waals surface area (Å²) in [5, 5.41) is 2.97. The molecule has 1 atom stereocenters. The maximum absolute atomic E-state index is 12.7. The normalized spacial score (nSPS) is 12.5. The average molecular weight is 434 g/mol. The Hall–Kier alpha value is -3.45. The largest absolute Gasteiger partial charge is 0.346 e. The summed E-state index contributed by atoms with van der Waals surface area (Å²) in [4.78, 5) is 20.8. The lowest BCUT2D eigenvalue weighted by atomic mass is 10.1. The molecule has 0 spiro atoms. The van der Waals surface area contributed by atoms with Crippen molar-refractivity contribution in [3.8, 4) is 0 Å². The molecule has 0 radical (unpaired) electrons. The molecule has 1 aromatic heterocycles. The molecule has 4 rings (SSSR count). The number of hydrogen-bond acceptors (Lipinski definition) is 4. The molecule has 31 heavy (non-hydrogen) atoms. The molecule has 3 aromatic carbocycles. The van der Waals surface area contributed by atoms with Gasteiger partial charge < -0.3 is 10.3 Å². The summed E-state index contributed by atoms with van der Waals surface area (Å²) in [6, 6.07) is 25.2. The monoisotopic (exact) mass is 433 g/mol. The summed E-state index contributed by atoms with van der Waals surface area (Å²) in [5.74, 6) is 0.0614. The van der Waals surface area contributed by atoms with Crippen LogP contribution in [0.4, 0.5) is 0 Å². The zero-order valence-corrected chi connectivity index (χ0v) is 17.7. The highest BCUT2D eigenvalue weighted by Crippen LogP contribution is 2.20. The SMILES string of the molecule is O=C(CCS(=O)(=O)c1ccccc1)NC(Cc1ccccc1)c1nc2ccccc2[nH]1. The number of sulfone groups is 1. The Morgan fingerprint density at radius 1 is 0.903 bits per heavy atom. The first-order valence-corrected chi connectivity index (χ1v) is 11.7. The summed E-state index contributed by atoms with van der Waals surface area (Å²) in [7, 11) is -3.52. The molecule has 1 heterocycles. The van der Waals surface area contributed by atoms with Gasteiger partial charge in [-0.2, -0.15) is 0 Å². The maximum Gasteiger partial charge on any atom is 0.221 e. The lowest BCUT2D eigenvalue weighted by Gasteiger charge is -2.17. The minimum atomic E-state index is -3.52. The molecule has 0 aliphatic heterocycles. The lowest BCUT2D eigenvalue weighted by Crippen LogP contribution is -2.32. The Balaban J connectivity index is 1.50. The molecule has 1 unspecified atom stereocenters. The van der Waals surface area contributed by atoms with Crippen LogP contribution < -0.4 is 5.32 Å². The van der Waals surface area contributed by atoms with E-state index >= 15 is 0 Å². The highest BCUT2D eigenvalue weighted by molar-refractivity contribution is 7.91. The number of benzene rings is 3. The molecule has 2 N–H and O–H groups in total. The Morgan fingerprint density at radius 2 is 1.55 bits per heavy atom. The van der Waals surface area contributed by atoms with Crippen molar-refractivity contribution in [2.45, 2.75) is 23.8 Å². The number of aromatic amines is 1. The van der Waals surface area contributed by atoms with Crippen LogP contribution in [-0.2, 0) is 21.1 Å². The second-order valence-electron chi connectivity index (χ2n) is 7.33. The van der Waals surface area contributed by atoms with Gasteiger partial charge in [-0.05, 0) is 36.2 Å². The molecule has 0 bridgehead atoms. The van der Waals surface area contributed by atoms with E-state index in [1.807, 2.05) is 54.6 Å². The Labute approximate surface area is 181 Å². The first-order valence-electron chi connectivity index (χ1n) is 10.1. The molecule has 7 heteroatoms. The van der Waals surface area contributed by atoms with Crippen molar-refractivity contribution >= 4 is 26.8 Å². The fourth-order valence-corrected chi connectivity index (χ4v) is 4.70. The third-order valence-corrected chi connectivity index (χ3v) is 6.79.